The maximum Gasteiger partial charge on any atom is 0.128 e. The van der Waals surface area contributed by atoms with Gasteiger partial charge in [-0.1, -0.05) is 6.07 Å². The Morgan fingerprint density at radius 3 is 2.53 bits per heavy atom. The summed E-state index contributed by atoms with van der Waals surface area (Å²) >= 11 is 0. The number of ether oxygens (including phenoxy) is 2. The number of nitriles is 1. The van der Waals surface area contributed by atoms with Crippen LogP contribution in [0, 0.1) is 23.7 Å². The normalized spacial score (nSPS) is 26.2. The first-order valence-electron chi connectivity index (χ1n) is 5.70. The monoisotopic (exact) mass is 231 g/mol. The molecule has 2 atom stereocenters. The van der Waals surface area contributed by atoms with Crippen molar-refractivity contribution in [1.29, 1.82) is 5.26 Å². The average molecular weight is 231 g/mol. The lowest BCUT2D eigenvalue weighted by atomic mass is 9.99. The van der Waals surface area contributed by atoms with Gasteiger partial charge in [0.25, 0.3) is 0 Å². The Kier molecular flexibility index (Phi) is 2.74. The smallest absolute Gasteiger partial charge is 0.128 e. The van der Waals surface area contributed by atoms with Crippen molar-refractivity contribution in [2.24, 2.45) is 5.41 Å². The molecule has 1 aliphatic rings. The van der Waals surface area contributed by atoms with Crippen LogP contribution in [0.15, 0.2) is 12.1 Å². The molecule has 3 heteroatoms. The molecule has 0 radical (unpaired) electrons. The van der Waals surface area contributed by atoms with Gasteiger partial charge >= 0.3 is 0 Å². The van der Waals surface area contributed by atoms with E-state index in [1.807, 2.05) is 26.0 Å². The second kappa shape index (κ2) is 3.96. The standard InChI is InChI=1S/C14H17NO2/c1-9-12(16-3)6-5-10(13(9)17-4)11-7-14(11,2)8-15/h5-6,11H,7H2,1-4H3. The molecule has 0 spiro atoms. The van der Waals surface area contributed by atoms with Crippen molar-refractivity contribution in [2.45, 2.75) is 26.2 Å². The highest BCUT2D eigenvalue weighted by Gasteiger charge is 2.52. The molecule has 2 rings (SSSR count). The van der Waals surface area contributed by atoms with Gasteiger partial charge in [-0.05, 0) is 31.9 Å². The number of methoxy groups -OCH3 is 2. The van der Waals surface area contributed by atoms with Crippen molar-refractivity contribution in [3.8, 4) is 17.6 Å². The van der Waals surface area contributed by atoms with Crippen LogP contribution in [-0.2, 0) is 0 Å². The van der Waals surface area contributed by atoms with Crippen LogP contribution in [-0.4, -0.2) is 14.2 Å². The van der Waals surface area contributed by atoms with Gasteiger partial charge < -0.3 is 9.47 Å². The minimum absolute atomic E-state index is 0.228. The molecule has 90 valence electrons. The summed E-state index contributed by atoms with van der Waals surface area (Å²) in [6.07, 6.45) is 0.908. The third-order valence-corrected chi connectivity index (χ3v) is 3.68. The third-order valence-electron chi connectivity index (χ3n) is 3.68. The lowest BCUT2D eigenvalue weighted by molar-refractivity contribution is 0.385. The molecule has 1 fully saturated rings. The molecule has 0 aromatic heterocycles. The van der Waals surface area contributed by atoms with Gasteiger partial charge in [0.1, 0.15) is 11.5 Å². The summed E-state index contributed by atoms with van der Waals surface area (Å²) in [4.78, 5) is 0. The molecule has 0 saturated heterocycles. The van der Waals surface area contributed by atoms with E-state index in [4.69, 9.17) is 14.7 Å². The van der Waals surface area contributed by atoms with Gasteiger partial charge in [-0.25, -0.2) is 0 Å². The zero-order valence-electron chi connectivity index (χ0n) is 10.7. The molecule has 1 saturated carbocycles. The molecule has 0 aliphatic heterocycles. The molecule has 3 nitrogen and oxygen atoms in total. The lowest BCUT2D eigenvalue weighted by Crippen LogP contribution is -1.99. The topological polar surface area (TPSA) is 42.2 Å². The number of nitrogens with zero attached hydrogens (tertiary/aromatic N) is 1. The summed E-state index contributed by atoms with van der Waals surface area (Å²) in [5, 5.41) is 9.12. The lowest BCUT2D eigenvalue weighted by Gasteiger charge is -2.14. The quantitative estimate of drug-likeness (QED) is 0.803. The molecule has 0 heterocycles. The molecule has 0 bridgehead atoms. The number of rotatable bonds is 3. The predicted octanol–water partition coefficient (Wildman–Crippen LogP) is 3.03. The molecular formula is C14H17NO2. The molecule has 1 aromatic carbocycles. The first-order chi connectivity index (χ1) is 8.07. The molecule has 0 amide bonds. The zero-order valence-corrected chi connectivity index (χ0v) is 10.7. The highest BCUT2D eigenvalue weighted by Crippen LogP contribution is 2.60. The van der Waals surface area contributed by atoms with E-state index in [-0.39, 0.29) is 11.3 Å². The number of hydrogen-bond donors (Lipinski definition) is 0. The Hall–Kier alpha value is -1.69. The molecule has 0 N–H and O–H groups in total. The van der Waals surface area contributed by atoms with Crippen LogP contribution in [0.25, 0.3) is 0 Å². The Balaban J connectivity index is 2.44. The highest BCUT2D eigenvalue weighted by atomic mass is 16.5. The van der Waals surface area contributed by atoms with E-state index < -0.39 is 0 Å². The van der Waals surface area contributed by atoms with Crippen LogP contribution in [0.2, 0.25) is 0 Å². The van der Waals surface area contributed by atoms with E-state index in [1.54, 1.807) is 14.2 Å². The van der Waals surface area contributed by atoms with Crippen LogP contribution in [0.1, 0.15) is 30.4 Å². The summed E-state index contributed by atoms with van der Waals surface area (Å²) in [5.74, 6) is 1.96. The fourth-order valence-corrected chi connectivity index (χ4v) is 2.40. The van der Waals surface area contributed by atoms with Gasteiger partial charge in [0.05, 0.1) is 25.7 Å². The van der Waals surface area contributed by atoms with Crippen LogP contribution in [0.4, 0.5) is 0 Å². The van der Waals surface area contributed by atoms with Crippen LogP contribution < -0.4 is 9.47 Å². The summed E-state index contributed by atoms with van der Waals surface area (Å²) in [7, 11) is 3.31. The SMILES string of the molecule is COc1ccc(C2CC2(C)C#N)c(OC)c1C. The Morgan fingerprint density at radius 2 is 2.06 bits per heavy atom. The highest BCUT2D eigenvalue weighted by molar-refractivity contribution is 5.53. The average Bonchev–Trinajstić information content (AvgIpc) is 3.02. The first-order valence-corrected chi connectivity index (χ1v) is 5.70. The van der Waals surface area contributed by atoms with Crippen molar-refractivity contribution < 1.29 is 9.47 Å². The largest absolute Gasteiger partial charge is 0.496 e. The Morgan fingerprint density at radius 1 is 1.35 bits per heavy atom. The number of benzene rings is 1. The molecule has 1 aliphatic carbocycles. The molecule has 1 aromatic rings. The maximum atomic E-state index is 9.12. The van der Waals surface area contributed by atoms with Crippen molar-refractivity contribution in [2.75, 3.05) is 14.2 Å². The van der Waals surface area contributed by atoms with Crippen molar-refractivity contribution in [3.05, 3.63) is 23.3 Å². The summed E-state index contributed by atoms with van der Waals surface area (Å²) < 4.78 is 10.7. The summed E-state index contributed by atoms with van der Waals surface area (Å²) in [6.45, 7) is 3.98. The first kappa shape index (κ1) is 11.8. The second-order valence-corrected chi connectivity index (χ2v) is 4.80. The van der Waals surface area contributed by atoms with Gasteiger partial charge in [0, 0.05) is 11.5 Å². The fourth-order valence-electron chi connectivity index (χ4n) is 2.40. The van der Waals surface area contributed by atoms with Gasteiger partial charge in [0.15, 0.2) is 0 Å². The van der Waals surface area contributed by atoms with Crippen molar-refractivity contribution >= 4 is 0 Å². The van der Waals surface area contributed by atoms with E-state index in [0.29, 0.717) is 0 Å². The zero-order chi connectivity index (χ0) is 12.6. The van der Waals surface area contributed by atoms with E-state index in [1.165, 1.54) is 0 Å². The minimum atomic E-state index is -0.228. The molecular weight excluding hydrogens is 214 g/mol. The summed E-state index contributed by atoms with van der Waals surface area (Å²) in [5.41, 5.74) is 1.89. The maximum absolute atomic E-state index is 9.12. The van der Waals surface area contributed by atoms with E-state index >= 15 is 0 Å². The van der Waals surface area contributed by atoms with Crippen molar-refractivity contribution in [1.82, 2.24) is 0 Å². The Labute approximate surface area is 102 Å². The number of hydrogen-bond acceptors (Lipinski definition) is 3. The van der Waals surface area contributed by atoms with Crippen LogP contribution >= 0.6 is 0 Å². The van der Waals surface area contributed by atoms with Crippen LogP contribution in [0.5, 0.6) is 11.5 Å². The van der Waals surface area contributed by atoms with E-state index in [2.05, 4.69) is 6.07 Å². The van der Waals surface area contributed by atoms with Gasteiger partial charge in [0.2, 0.25) is 0 Å². The molecule has 17 heavy (non-hydrogen) atoms. The van der Waals surface area contributed by atoms with E-state index in [9.17, 15) is 0 Å². The fraction of sp³-hybridized carbons (Fsp3) is 0.500. The van der Waals surface area contributed by atoms with Gasteiger partial charge in [-0.3, -0.25) is 0 Å². The minimum Gasteiger partial charge on any atom is -0.496 e. The Bertz CT molecular complexity index is 490. The predicted molar refractivity (Wildman–Crippen MR) is 65.4 cm³/mol. The van der Waals surface area contributed by atoms with Gasteiger partial charge in [-0.15, -0.1) is 0 Å². The third kappa shape index (κ3) is 1.74. The van der Waals surface area contributed by atoms with Crippen LogP contribution in [0.3, 0.4) is 0 Å². The van der Waals surface area contributed by atoms with Gasteiger partial charge in [-0.2, -0.15) is 5.26 Å². The summed E-state index contributed by atoms with van der Waals surface area (Å²) in [6, 6.07) is 6.34. The molecule has 2 unspecified atom stereocenters. The van der Waals surface area contributed by atoms with Crippen molar-refractivity contribution in [3.63, 3.8) is 0 Å². The second-order valence-electron chi connectivity index (χ2n) is 4.80. The van der Waals surface area contributed by atoms with E-state index in [0.717, 1.165) is 29.0 Å².